The molecule has 4 nitrogen and oxygen atoms in total. The predicted molar refractivity (Wildman–Crippen MR) is 64.6 cm³/mol. The van der Waals surface area contributed by atoms with Gasteiger partial charge in [-0.2, -0.15) is 10.5 Å². The quantitative estimate of drug-likeness (QED) is 0.454. The van der Waals surface area contributed by atoms with Crippen LogP contribution in [0.15, 0.2) is 22.6 Å². The molecule has 20 heavy (non-hydrogen) atoms. The molecule has 1 saturated heterocycles. The van der Waals surface area contributed by atoms with Gasteiger partial charge in [0.2, 0.25) is 0 Å². The topological polar surface area (TPSA) is 60.1 Å². The number of allylic oxidation sites excluding steroid dienone is 3. The molecule has 1 heterocycles. The summed E-state index contributed by atoms with van der Waals surface area (Å²) < 4.78 is 41.6. The van der Waals surface area contributed by atoms with Crippen molar-refractivity contribution in [2.24, 2.45) is 0 Å². The lowest BCUT2D eigenvalue weighted by atomic mass is 10.1. The van der Waals surface area contributed by atoms with Crippen molar-refractivity contribution in [2.75, 3.05) is 13.1 Å². The number of ether oxygens (including phenoxy) is 1. The number of nitriles is 2. The highest BCUT2D eigenvalue weighted by Gasteiger charge is 2.35. The predicted octanol–water partition coefficient (Wildman–Crippen LogP) is 3.21. The van der Waals surface area contributed by atoms with Gasteiger partial charge in [0.05, 0.1) is 5.70 Å². The van der Waals surface area contributed by atoms with Crippen LogP contribution in [0.25, 0.3) is 0 Å². The number of likely N-dealkylation sites (tertiary alicyclic amines) is 1. The van der Waals surface area contributed by atoms with Crippen LogP contribution in [0.1, 0.15) is 26.7 Å². The van der Waals surface area contributed by atoms with Crippen molar-refractivity contribution in [2.45, 2.75) is 33.1 Å². The van der Waals surface area contributed by atoms with E-state index in [9.17, 15) is 13.2 Å². The number of nitrogens with zero attached hydrogens (tertiary/aromatic N) is 3. The molecule has 0 aromatic carbocycles. The van der Waals surface area contributed by atoms with Gasteiger partial charge in [0.25, 0.3) is 0 Å². The summed E-state index contributed by atoms with van der Waals surface area (Å²) >= 11 is 0. The van der Waals surface area contributed by atoms with E-state index in [1.165, 1.54) is 13.8 Å². The monoisotopic (exact) mass is 285 g/mol. The van der Waals surface area contributed by atoms with Crippen LogP contribution < -0.4 is 0 Å². The smallest absolute Gasteiger partial charge is 0.404 e. The van der Waals surface area contributed by atoms with Crippen LogP contribution in [0.3, 0.4) is 0 Å². The summed E-state index contributed by atoms with van der Waals surface area (Å²) in [6.45, 7) is 4.06. The third-order valence-electron chi connectivity index (χ3n) is 3.07. The van der Waals surface area contributed by atoms with E-state index in [-0.39, 0.29) is 11.1 Å². The molecule has 1 rings (SSSR count). The maximum absolute atomic E-state index is 12.5. The van der Waals surface area contributed by atoms with Gasteiger partial charge in [-0.1, -0.05) is 0 Å². The summed E-state index contributed by atoms with van der Waals surface area (Å²) in [5.74, 6) is -0.461. The van der Waals surface area contributed by atoms with Gasteiger partial charge in [0.15, 0.2) is 5.76 Å². The van der Waals surface area contributed by atoms with Crippen LogP contribution in [-0.2, 0) is 4.74 Å². The SMILES string of the molecule is CC(=C(C#N)C#N)/C(OC(F)(F)F)=C(\C)N1CCCC1. The Labute approximate surface area is 115 Å². The van der Waals surface area contributed by atoms with Crippen molar-refractivity contribution in [3.63, 3.8) is 0 Å². The minimum absolute atomic E-state index is 0.100. The average molecular weight is 285 g/mol. The summed E-state index contributed by atoms with van der Waals surface area (Å²) in [5.41, 5.74) is -0.195. The second kappa shape index (κ2) is 6.33. The molecule has 0 bridgehead atoms. The normalized spacial score (nSPS) is 16.1. The third-order valence-corrected chi connectivity index (χ3v) is 3.07. The molecule has 1 aliphatic heterocycles. The molecular formula is C13H14F3N3O. The zero-order valence-electron chi connectivity index (χ0n) is 11.2. The van der Waals surface area contributed by atoms with Crippen molar-refractivity contribution < 1.29 is 17.9 Å². The Kier molecular flexibility index (Phi) is 5.04. The van der Waals surface area contributed by atoms with E-state index in [1.807, 2.05) is 0 Å². The van der Waals surface area contributed by atoms with E-state index < -0.39 is 12.1 Å². The second-order valence-electron chi connectivity index (χ2n) is 4.38. The second-order valence-corrected chi connectivity index (χ2v) is 4.38. The first-order chi connectivity index (χ1) is 9.30. The zero-order chi connectivity index (χ0) is 15.3. The third kappa shape index (κ3) is 3.92. The first-order valence-corrected chi connectivity index (χ1v) is 6.03. The number of halogens is 3. The summed E-state index contributed by atoms with van der Waals surface area (Å²) in [7, 11) is 0. The van der Waals surface area contributed by atoms with Crippen LogP contribution in [0, 0.1) is 22.7 Å². The Morgan fingerprint density at radius 1 is 1.10 bits per heavy atom. The Bertz CT molecular complexity index is 498. The molecule has 1 fully saturated rings. The van der Waals surface area contributed by atoms with Gasteiger partial charge in [-0.15, -0.1) is 13.2 Å². The molecule has 7 heteroatoms. The molecule has 108 valence electrons. The highest BCUT2D eigenvalue weighted by molar-refractivity contribution is 5.47. The Balaban J connectivity index is 3.29. The summed E-state index contributed by atoms with van der Waals surface area (Å²) in [6, 6.07) is 3.16. The van der Waals surface area contributed by atoms with E-state index in [0.717, 1.165) is 12.8 Å². The van der Waals surface area contributed by atoms with Gasteiger partial charge in [-0.3, -0.25) is 0 Å². The van der Waals surface area contributed by atoms with Crippen LogP contribution in [0.2, 0.25) is 0 Å². The van der Waals surface area contributed by atoms with Gasteiger partial charge < -0.3 is 9.64 Å². The fourth-order valence-electron chi connectivity index (χ4n) is 2.04. The Hall–Kier alpha value is -2.15. The first kappa shape index (κ1) is 15.9. The fraction of sp³-hybridized carbons (Fsp3) is 0.538. The van der Waals surface area contributed by atoms with E-state index in [4.69, 9.17) is 10.5 Å². The molecule has 0 aliphatic carbocycles. The Morgan fingerprint density at radius 2 is 1.60 bits per heavy atom. The van der Waals surface area contributed by atoms with Crippen LogP contribution in [0.4, 0.5) is 13.2 Å². The molecule has 0 radical (unpaired) electrons. The summed E-state index contributed by atoms with van der Waals surface area (Å²) in [5, 5.41) is 17.6. The maximum Gasteiger partial charge on any atom is 0.573 e. The van der Waals surface area contributed by atoms with E-state index in [0.29, 0.717) is 18.8 Å². The summed E-state index contributed by atoms with van der Waals surface area (Å²) in [4.78, 5) is 1.76. The summed E-state index contributed by atoms with van der Waals surface area (Å²) in [6.07, 6.45) is -3.08. The zero-order valence-corrected chi connectivity index (χ0v) is 11.2. The van der Waals surface area contributed by atoms with Gasteiger partial charge in [0, 0.05) is 18.7 Å². The van der Waals surface area contributed by atoms with Crippen LogP contribution >= 0.6 is 0 Å². The van der Waals surface area contributed by atoms with Crippen molar-refractivity contribution in [1.29, 1.82) is 10.5 Å². The average Bonchev–Trinajstić information content (AvgIpc) is 2.89. The lowest BCUT2D eigenvalue weighted by molar-refractivity contribution is -0.304. The molecule has 0 spiro atoms. The maximum atomic E-state index is 12.5. The minimum atomic E-state index is -4.87. The van der Waals surface area contributed by atoms with E-state index in [1.54, 1.807) is 17.0 Å². The highest BCUT2D eigenvalue weighted by Crippen LogP contribution is 2.30. The molecule has 0 saturated carbocycles. The van der Waals surface area contributed by atoms with Gasteiger partial charge in [-0.25, -0.2) is 0 Å². The van der Waals surface area contributed by atoms with Crippen molar-refractivity contribution >= 4 is 0 Å². The minimum Gasteiger partial charge on any atom is -0.404 e. The number of alkyl halides is 3. The lowest BCUT2D eigenvalue weighted by Gasteiger charge is -2.23. The van der Waals surface area contributed by atoms with Crippen LogP contribution in [-0.4, -0.2) is 24.4 Å². The first-order valence-electron chi connectivity index (χ1n) is 6.03. The van der Waals surface area contributed by atoms with Gasteiger partial charge >= 0.3 is 6.36 Å². The van der Waals surface area contributed by atoms with Crippen molar-refractivity contribution in [3.05, 3.63) is 22.6 Å². The number of hydrogen-bond acceptors (Lipinski definition) is 4. The van der Waals surface area contributed by atoms with E-state index in [2.05, 4.69) is 4.74 Å². The highest BCUT2D eigenvalue weighted by atomic mass is 19.4. The molecule has 0 aromatic rings. The number of hydrogen-bond donors (Lipinski definition) is 0. The van der Waals surface area contributed by atoms with Gasteiger partial charge in [0.1, 0.15) is 17.7 Å². The van der Waals surface area contributed by atoms with Gasteiger partial charge in [-0.05, 0) is 26.7 Å². The molecule has 0 unspecified atom stereocenters. The standard InChI is InChI=1S/C13H14F3N3O/c1-9(11(7-17)8-18)12(20-13(14,15)16)10(2)19-5-3-4-6-19/h3-6H2,1-2H3/b12-10-. The van der Waals surface area contributed by atoms with Crippen molar-refractivity contribution in [3.8, 4) is 12.1 Å². The lowest BCUT2D eigenvalue weighted by Crippen LogP contribution is -2.23. The number of rotatable bonds is 3. The molecule has 0 amide bonds. The molecule has 0 aromatic heterocycles. The fourth-order valence-corrected chi connectivity index (χ4v) is 2.04. The largest absolute Gasteiger partial charge is 0.573 e. The Morgan fingerprint density at radius 3 is 2.00 bits per heavy atom. The van der Waals surface area contributed by atoms with Crippen molar-refractivity contribution in [1.82, 2.24) is 4.90 Å². The molecule has 1 aliphatic rings. The molecule has 0 atom stereocenters. The molecule has 0 N–H and O–H groups in total. The van der Waals surface area contributed by atoms with Crippen LogP contribution in [0.5, 0.6) is 0 Å². The molecular weight excluding hydrogens is 271 g/mol. The van der Waals surface area contributed by atoms with E-state index >= 15 is 0 Å².